The van der Waals surface area contributed by atoms with Gasteiger partial charge in [0.2, 0.25) is 0 Å². The molecule has 0 unspecified atom stereocenters. The molecule has 3 amide bonds. The van der Waals surface area contributed by atoms with Gasteiger partial charge in [0, 0.05) is 15.6 Å². The van der Waals surface area contributed by atoms with Gasteiger partial charge in [-0.3, -0.25) is 14.4 Å². The molecule has 2 aliphatic carbocycles. The highest BCUT2D eigenvalue weighted by molar-refractivity contribution is 6.31. The summed E-state index contributed by atoms with van der Waals surface area (Å²) in [5, 5.41) is 3.25. The summed E-state index contributed by atoms with van der Waals surface area (Å²) < 4.78 is 0. The SMILES string of the molecule is O=C(c1ccc(Cl)cc1)N(Cc1ccccc1Cl)N1C(=O)[C@@H]2[C@H](C1=O)[C@H]1C=C[C@H]2C1. The zero-order valence-electron chi connectivity index (χ0n) is 15.9. The maximum Gasteiger partial charge on any atom is 0.273 e. The summed E-state index contributed by atoms with van der Waals surface area (Å²) in [6.45, 7) is 0.0147. The molecular weight excluding hydrogens is 423 g/mol. The molecule has 2 fully saturated rings. The van der Waals surface area contributed by atoms with Crippen molar-refractivity contribution >= 4 is 40.9 Å². The van der Waals surface area contributed by atoms with Gasteiger partial charge in [-0.2, -0.15) is 5.01 Å². The Balaban J connectivity index is 1.53. The van der Waals surface area contributed by atoms with E-state index in [0.717, 1.165) is 11.4 Å². The number of benzene rings is 2. The number of nitrogens with zero attached hydrogens (tertiary/aromatic N) is 2. The lowest BCUT2D eigenvalue weighted by Gasteiger charge is -2.31. The van der Waals surface area contributed by atoms with Gasteiger partial charge in [-0.25, -0.2) is 5.01 Å². The molecule has 2 bridgehead atoms. The van der Waals surface area contributed by atoms with Crippen LogP contribution in [-0.4, -0.2) is 27.7 Å². The third-order valence-electron chi connectivity index (χ3n) is 6.29. The average molecular weight is 441 g/mol. The molecule has 1 heterocycles. The van der Waals surface area contributed by atoms with Crippen LogP contribution in [0.3, 0.4) is 0 Å². The average Bonchev–Trinajstić information content (AvgIpc) is 3.42. The molecule has 4 atom stereocenters. The first-order valence-electron chi connectivity index (χ1n) is 9.82. The van der Waals surface area contributed by atoms with Crippen molar-refractivity contribution in [3.63, 3.8) is 0 Å². The van der Waals surface area contributed by atoms with E-state index in [9.17, 15) is 14.4 Å². The molecule has 3 aliphatic rings. The molecule has 1 aliphatic heterocycles. The number of carbonyl (C=O) groups excluding carboxylic acids is 3. The summed E-state index contributed by atoms with van der Waals surface area (Å²) in [6, 6.07) is 13.5. The molecule has 2 aromatic carbocycles. The zero-order chi connectivity index (χ0) is 21.0. The van der Waals surface area contributed by atoms with Gasteiger partial charge in [0.15, 0.2) is 0 Å². The number of imide groups is 1. The minimum Gasteiger partial charge on any atom is -0.272 e. The number of carbonyl (C=O) groups is 3. The summed E-state index contributed by atoms with van der Waals surface area (Å²) >= 11 is 12.3. The van der Waals surface area contributed by atoms with E-state index in [4.69, 9.17) is 23.2 Å². The van der Waals surface area contributed by atoms with E-state index in [-0.39, 0.29) is 42.0 Å². The lowest BCUT2D eigenvalue weighted by atomic mass is 9.85. The number of halogens is 2. The summed E-state index contributed by atoms with van der Waals surface area (Å²) in [5.74, 6) is -1.72. The largest absolute Gasteiger partial charge is 0.273 e. The van der Waals surface area contributed by atoms with E-state index in [0.29, 0.717) is 21.2 Å². The molecule has 0 N–H and O–H groups in total. The van der Waals surface area contributed by atoms with Crippen LogP contribution in [0.4, 0.5) is 0 Å². The monoisotopic (exact) mass is 440 g/mol. The van der Waals surface area contributed by atoms with E-state index < -0.39 is 5.91 Å². The molecule has 1 saturated carbocycles. The van der Waals surface area contributed by atoms with Gasteiger partial charge in [0.1, 0.15) is 0 Å². The Morgan fingerprint density at radius 3 is 2.13 bits per heavy atom. The first kappa shape index (κ1) is 19.3. The highest BCUT2D eigenvalue weighted by atomic mass is 35.5. The molecule has 1 saturated heterocycles. The molecule has 30 heavy (non-hydrogen) atoms. The second-order valence-electron chi connectivity index (χ2n) is 7.95. The fraction of sp³-hybridized carbons (Fsp3) is 0.261. The highest BCUT2D eigenvalue weighted by Crippen LogP contribution is 2.53. The zero-order valence-corrected chi connectivity index (χ0v) is 17.4. The first-order chi connectivity index (χ1) is 14.5. The third kappa shape index (κ3) is 2.96. The number of amides is 3. The number of hydrazine groups is 1. The fourth-order valence-electron chi connectivity index (χ4n) is 4.89. The van der Waals surface area contributed by atoms with Gasteiger partial charge >= 0.3 is 0 Å². The van der Waals surface area contributed by atoms with Crippen LogP contribution in [-0.2, 0) is 16.1 Å². The summed E-state index contributed by atoms with van der Waals surface area (Å²) in [4.78, 5) is 40.1. The van der Waals surface area contributed by atoms with Gasteiger partial charge < -0.3 is 0 Å². The number of hydrogen-bond donors (Lipinski definition) is 0. The summed E-state index contributed by atoms with van der Waals surface area (Å²) in [6.07, 6.45) is 4.89. The third-order valence-corrected chi connectivity index (χ3v) is 6.91. The normalized spacial score (nSPS) is 26.4. The van der Waals surface area contributed by atoms with E-state index in [2.05, 4.69) is 0 Å². The molecule has 7 heteroatoms. The van der Waals surface area contributed by atoms with Crippen molar-refractivity contribution in [1.29, 1.82) is 0 Å². The van der Waals surface area contributed by atoms with E-state index in [1.165, 1.54) is 5.01 Å². The van der Waals surface area contributed by atoms with Crippen molar-refractivity contribution in [3.8, 4) is 0 Å². The quantitative estimate of drug-likeness (QED) is 0.524. The molecular formula is C23H18Cl2N2O3. The lowest BCUT2D eigenvalue weighted by Crippen LogP contribution is -2.50. The van der Waals surface area contributed by atoms with E-state index in [1.54, 1.807) is 48.5 Å². The molecule has 0 aromatic heterocycles. The summed E-state index contributed by atoms with van der Waals surface area (Å²) in [7, 11) is 0. The van der Waals surface area contributed by atoms with E-state index in [1.807, 2.05) is 12.2 Å². The Morgan fingerprint density at radius 1 is 0.933 bits per heavy atom. The van der Waals surface area contributed by atoms with Gasteiger partial charge in [0.25, 0.3) is 17.7 Å². The van der Waals surface area contributed by atoms with Crippen LogP contribution in [0.25, 0.3) is 0 Å². The predicted octanol–water partition coefficient (Wildman–Crippen LogP) is 4.36. The Morgan fingerprint density at radius 2 is 1.53 bits per heavy atom. The molecule has 5 rings (SSSR count). The van der Waals surface area contributed by atoms with Crippen LogP contribution in [0.2, 0.25) is 10.0 Å². The van der Waals surface area contributed by atoms with Crippen LogP contribution < -0.4 is 0 Å². The van der Waals surface area contributed by atoms with E-state index >= 15 is 0 Å². The van der Waals surface area contributed by atoms with Gasteiger partial charge in [-0.15, -0.1) is 0 Å². The van der Waals surface area contributed by atoms with Crippen LogP contribution >= 0.6 is 23.2 Å². The first-order valence-corrected chi connectivity index (χ1v) is 10.6. The Hall–Kier alpha value is -2.63. The van der Waals surface area contributed by atoms with Gasteiger partial charge in [0.05, 0.1) is 18.4 Å². The van der Waals surface area contributed by atoms with Crippen molar-refractivity contribution in [2.45, 2.75) is 13.0 Å². The predicted molar refractivity (Wildman–Crippen MR) is 112 cm³/mol. The topological polar surface area (TPSA) is 57.7 Å². The van der Waals surface area contributed by atoms with Gasteiger partial charge in [-0.05, 0) is 54.2 Å². The van der Waals surface area contributed by atoms with Crippen molar-refractivity contribution in [2.24, 2.45) is 23.7 Å². The van der Waals surface area contributed by atoms with Gasteiger partial charge in [-0.1, -0.05) is 53.6 Å². The van der Waals surface area contributed by atoms with Crippen molar-refractivity contribution in [2.75, 3.05) is 0 Å². The Kier molecular flexibility index (Phi) is 4.68. The maximum absolute atomic E-state index is 13.4. The molecule has 5 nitrogen and oxygen atoms in total. The standard InChI is InChI=1S/C23H18Cl2N2O3/c24-17-9-7-13(8-10-17)21(28)26(12-16-3-1-2-4-18(16)25)27-22(29)19-14-5-6-15(11-14)20(19)23(27)30/h1-10,14-15,19-20H,11-12H2/t14-,15-,19-,20+/m0/s1. The second-order valence-corrected chi connectivity index (χ2v) is 8.79. The minimum absolute atomic E-state index is 0.0147. The van der Waals surface area contributed by atoms with Crippen molar-refractivity contribution in [3.05, 3.63) is 81.9 Å². The molecule has 0 radical (unpaired) electrons. The van der Waals surface area contributed by atoms with Crippen molar-refractivity contribution in [1.82, 2.24) is 10.0 Å². The minimum atomic E-state index is -0.450. The number of fused-ring (bicyclic) bond motifs is 5. The van der Waals surface area contributed by atoms with Crippen LogP contribution in [0.1, 0.15) is 22.3 Å². The Bertz CT molecular complexity index is 1050. The molecule has 152 valence electrons. The fourth-order valence-corrected chi connectivity index (χ4v) is 5.21. The maximum atomic E-state index is 13.4. The molecule has 0 spiro atoms. The smallest absolute Gasteiger partial charge is 0.272 e. The van der Waals surface area contributed by atoms with Crippen molar-refractivity contribution < 1.29 is 14.4 Å². The molecule has 2 aromatic rings. The number of allylic oxidation sites excluding steroid dienone is 2. The van der Waals surface area contributed by atoms with Crippen LogP contribution in [0.15, 0.2) is 60.7 Å². The highest BCUT2D eigenvalue weighted by Gasteiger charge is 2.61. The number of hydrogen-bond acceptors (Lipinski definition) is 3. The van der Waals surface area contributed by atoms with Crippen LogP contribution in [0.5, 0.6) is 0 Å². The summed E-state index contributed by atoms with van der Waals surface area (Å²) in [5.41, 5.74) is 0.991. The van der Waals surface area contributed by atoms with Crippen LogP contribution in [0, 0.1) is 23.7 Å². The number of rotatable bonds is 4. The lowest BCUT2D eigenvalue weighted by molar-refractivity contribution is -0.156. The Labute approximate surface area is 183 Å². The second kappa shape index (κ2) is 7.25.